The minimum Gasteiger partial charge on any atom is -0.382 e. The third-order valence-corrected chi connectivity index (χ3v) is 4.67. The highest BCUT2D eigenvalue weighted by molar-refractivity contribution is 5.80. The number of rotatable bonds is 6. The molecule has 3 N–H and O–H groups in total. The molecule has 2 heterocycles. The molecule has 7 heteroatoms. The number of pyridine rings is 1. The molecule has 0 saturated carbocycles. The summed E-state index contributed by atoms with van der Waals surface area (Å²) < 4.78 is 14.6. The summed E-state index contributed by atoms with van der Waals surface area (Å²) in [5.74, 6) is 0.729. The molecule has 0 aliphatic rings. The van der Waals surface area contributed by atoms with Crippen molar-refractivity contribution in [3.8, 4) is 11.8 Å². The smallest absolute Gasteiger partial charge is 0.145 e. The Morgan fingerprint density at radius 2 is 1.86 bits per heavy atom. The molecule has 0 saturated heterocycles. The first-order valence-electron chi connectivity index (χ1n) is 9.29. The number of aromatic nitrogens is 3. The Morgan fingerprint density at radius 1 is 1.07 bits per heavy atom. The lowest BCUT2D eigenvalue weighted by Crippen LogP contribution is -2.05. The van der Waals surface area contributed by atoms with Crippen molar-refractivity contribution in [3.63, 3.8) is 0 Å². The van der Waals surface area contributed by atoms with E-state index in [0.717, 1.165) is 23.1 Å². The van der Waals surface area contributed by atoms with E-state index in [-0.39, 0.29) is 11.6 Å². The number of benzene rings is 2. The van der Waals surface area contributed by atoms with E-state index in [4.69, 9.17) is 5.73 Å². The maximum atomic E-state index is 13.2. The molecular formula is C22H19FN6. The van der Waals surface area contributed by atoms with Crippen LogP contribution in [0.25, 0.3) is 16.6 Å². The predicted molar refractivity (Wildman–Crippen MR) is 111 cm³/mol. The third-order valence-electron chi connectivity index (χ3n) is 4.67. The minimum absolute atomic E-state index is 0.262. The van der Waals surface area contributed by atoms with Gasteiger partial charge in [0.2, 0.25) is 0 Å². The summed E-state index contributed by atoms with van der Waals surface area (Å²) in [4.78, 5) is 4.58. The van der Waals surface area contributed by atoms with Gasteiger partial charge in [-0.1, -0.05) is 18.2 Å². The molecule has 0 aliphatic carbocycles. The van der Waals surface area contributed by atoms with Crippen molar-refractivity contribution in [3.05, 3.63) is 77.7 Å². The fraction of sp³-hybridized carbons (Fsp3) is 0.136. The molecule has 0 amide bonds. The van der Waals surface area contributed by atoms with Gasteiger partial charge in [0.05, 0.1) is 16.9 Å². The molecule has 0 radical (unpaired) electrons. The van der Waals surface area contributed by atoms with Crippen molar-refractivity contribution < 1.29 is 4.39 Å². The number of para-hydroxylation sites is 1. The first kappa shape index (κ1) is 18.4. The van der Waals surface area contributed by atoms with Crippen LogP contribution in [0.15, 0.2) is 60.7 Å². The summed E-state index contributed by atoms with van der Waals surface area (Å²) >= 11 is 0. The number of halogens is 1. The van der Waals surface area contributed by atoms with Gasteiger partial charge in [0, 0.05) is 11.9 Å². The fourth-order valence-electron chi connectivity index (χ4n) is 3.19. The van der Waals surface area contributed by atoms with Gasteiger partial charge in [-0.3, -0.25) is 0 Å². The predicted octanol–water partition coefficient (Wildman–Crippen LogP) is 4.06. The van der Waals surface area contributed by atoms with E-state index in [0.29, 0.717) is 29.9 Å². The van der Waals surface area contributed by atoms with Crippen LogP contribution < -0.4 is 11.1 Å². The quantitative estimate of drug-likeness (QED) is 0.488. The molecule has 2 aromatic carbocycles. The zero-order valence-electron chi connectivity index (χ0n) is 15.6. The second kappa shape index (κ2) is 7.98. The number of anilines is 2. The van der Waals surface area contributed by atoms with Crippen LogP contribution >= 0.6 is 0 Å². The minimum atomic E-state index is -0.339. The standard InChI is InChI=1S/C22H19FN6/c23-16-8-10-17(11-9-16)29-22(25)18(14-24)20(28-29)6-3-13-26-21-12-7-15-4-1-2-5-19(15)27-21/h1-2,4-5,7-12H,3,6,13,25H2,(H,26,27). The molecule has 0 spiro atoms. The zero-order valence-corrected chi connectivity index (χ0v) is 15.6. The lowest BCUT2D eigenvalue weighted by molar-refractivity contribution is 0.627. The van der Waals surface area contributed by atoms with Gasteiger partial charge in [-0.15, -0.1) is 0 Å². The molecule has 0 atom stereocenters. The largest absolute Gasteiger partial charge is 0.382 e. The van der Waals surface area contributed by atoms with Crippen LogP contribution in [0, 0.1) is 17.1 Å². The number of hydrogen-bond donors (Lipinski definition) is 2. The maximum absolute atomic E-state index is 13.2. The molecule has 144 valence electrons. The normalized spacial score (nSPS) is 10.8. The number of nitrogens with one attached hydrogen (secondary N) is 1. The molecule has 0 unspecified atom stereocenters. The Balaban J connectivity index is 1.43. The Bertz CT molecular complexity index is 1190. The number of nitrogen functional groups attached to an aromatic ring is 1. The van der Waals surface area contributed by atoms with E-state index in [1.807, 2.05) is 36.4 Å². The van der Waals surface area contributed by atoms with Gasteiger partial charge < -0.3 is 11.1 Å². The third kappa shape index (κ3) is 3.87. The molecule has 29 heavy (non-hydrogen) atoms. The lowest BCUT2D eigenvalue weighted by Gasteiger charge is -2.06. The van der Waals surface area contributed by atoms with Gasteiger partial charge in [-0.05, 0) is 55.3 Å². The fourth-order valence-corrected chi connectivity index (χ4v) is 3.19. The highest BCUT2D eigenvalue weighted by Gasteiger charge is 2.16. The maximum Gasteiger partial charge on any atom is 0.145 e. The van der Waals surface area contributed by atoms with Crippen LogP contribution in [-0.2, 0) is 6.42 Å². The van der Waals surface area contributed by atoms with Crippen LogP contribution in [0.4, 0.5) is 16.0 Å². The van der Waals surface area contributed by atoms with Crippen molar-refractivity contribution in [1.82, 2.24) is 14.8 Å². The first-order valence-corrected chi connectivity index (χ1v) is 9.29. The number of nitriles is 1. The van der Waals surface area contributed by atoms with Crippen molar-refractivity contribution in [2.45, 2.75) is 12.8 Å². The molecule has 0 bridgehead atoms. The highest BCUT2D eigenvalue weighted by atomic mass is 19.1. The van der Waals surface area contributed by atoms with Gasteiger partial charge in [-0.2, -0.15) is 10.4 Å². The summed E-state index contributed by atoms with van der Waals surface area (Å²) in [6.45, 7) is 0.680. The van der Waals surface area contributed by atoms with E-state index in [2.05, 4.69) is 21.5 Å². The molecule has 2 aromatic heterocycles. The molecule has 6 nitrogen and oxygen atoms in total. The van der Waals surface area contributed by atoms with Crippen molar-refractivity contribution in [2.24, 2.45) is 0 Å². The Labute approximate surface area is 167 Å². The van der Waals surface area contributed by atoms with E-state index >= 15 is 0 Å². The molecule has 4 aromatic rings. The topological polar surface area (TPSA) is 92.5 Å². The molecular weight excluding hydrogens is 367 g/mol. The van der Waals surface area contributed by atoms with Crippen molar-refractivity contribution >= 4 is 22.5 Å². The van der Waals surface area contributed by atoms with Gasteiger partial charge in [0.1, 0.15) is 29.1 Å². The van der Waals surface area contributed by atoms with Gasteiger partial charge >= 0.3 is 0 Å². The monoisotopic (exact) mass is 386 g/mol. The van der Waals surface area contributed by atoms with Gasteiger partial charge in [-0.25, -0.2) is 14.1 Å². The number of hydrogen-bond acceptors (Lipinski definition) is 5. The van der Waals surface area contributed by atoms with Gasteiger partial charge in [0.25, 0.3) is 0 Å². The summed E-state index contributed by atoms with van der Waals surface area (Å²) in [6, 6.07) is 19.9. The van der Waals surface area contributed by atoms with E-state index in [1.165, 1.54) is 16.8 Å². The second-order valence-electron chi connectivity index (χ2n) is 6.63. The molecule has 4 rings (SSSR count). The average molecular weight is 386 g/mol. The van der Waals surface area contributed by atoms with E-state index in [1.54, 1.807) is 12.1 Å². The van der Waals surface area contributed by atoms with Crippen molar-refractivity contribution in [2.75, 3.05) is 17.6 Å². The molecule has 0 fully saturated rings. The lowest BCUT2D eigenvalue weighted by atomic mass is 10.1. The summed E-state index contributed by atoms with van der Waals surface area (Å²) in [7, 11) is 0. The first-order chi connectivity index (χ1) is 14.2. The SMILES string of the molecule is N#Cc1c(CCCNc2ccc3ccccc3n2)nn(-c2ccc(F)cc2)c1N. The number of aryl methyl sites for hydroxylation is 1. The van der Waals surface area contributed by atoms with Crippen LogP contribution in [-0.4, -0.2) is 21.3 Å². The second-order valence-corrected chi connectivity index (χ2v) is 6.63. The van der Waals surface area contributed by atoms with E-state index < -0.39 is 0 Å². The average Bonchev–Trinajstić information content (AvgIpc) is 3.07. The molecule has 0 aliphatic heterocycles. The Hall–Kier alpha value is -3.92. The number of nitrogens with zero attached hydrogens (tertiary/aromatic N) is 4. The van der Waals surface area contributed by atoms with Crippen LogP contribution in [0.5, 0.6) is 0 Å². The van der Waals surface area contributed by atoms with E-state index in [9.17, 15) is 9.65 Å². The summed E-state index contributed by atoms with van der Waals surface area (Å²) in [6.07, 6.45) is 1.34. The Morgan fingerprint density at radius 3 is 2.66 bits per heavy atom. The number of fused-ring (bicyclic) bond motifs is 1. The van der Waals surface area contributed by atoms with Crippen LogP contribution in [0.1, 0.15) is 17.7 Å². The number of nitrogens with two attached hydrogens (primary N) is 1. The summed E-state index contributed by atoms with van der Waals surface area (Å²) in [5, 5.41) is 18.3. The Kier molecular flexibility index (Phi) is 5.08. The van der Waals surface area contributed by atoms with Crippen molar-refractivity contribution in [1.29, 1.82) is 5.26 Å². The van der Waals surface area contributed by atoms with Crippen LogP contribution in [0.2, 0.25) is 0 Å². The highest BCUT2D eigenvalue weighted by Crippen LogP contribution is 2.22. The summed E-state index contributed by atoms with van der Waals surface area (Å²) in [5.41, 5.74) is 8.63. The van der Waals surface area contributed by atoms with Crippen LogP contribution in [0.3, 0.4) is 0 Å². The zero-order chi connectivity index (χ0) is 20.2. The van der Waals surface area contributed by atoms with Gasteiger partial charge in [0.15, 0.2) is 0 Å².